The van der Waals surface area contributed by atoms with Gasteiger partial charge in [-0.25, -0.2) is 0 Å². The zero-order valence-electron chi connectivity index (χ0n) is 14.7. The molecule has 1 fully saturated rings. The van der Waals surface area contributed by atoms with E-state index in [0.717, 1.165) is 44.0 Å². The van der Waals surface area contributed by atoms with Crippen LogP contribution in [0.2, 0.25) is 0 Å². The molecule has 3 heterocycles. The maximum absolute atomic E-state index is 5.15. The summed E-state index contributed by atoms with van der Waals surface area (Å²) in [7, 11) is 0. The molecule has 0 spiro atoms. The number of aliphatic imine (C=N–C) groups is 3. The van der Waals surface area contributed by atoms with Gasteiger partial charge in [-0.15, -0.1) is 11.8 Å². The molecule has 1 aromatic carbocycles. The summed E-state index contributed by atoms with van der Waals surface area (Å²) in [6.07, 6.45) is 10.5. The Kier molecular flexibility index (Phi) is 4.08. The Labute approximate surface area is 158 Å². The number of thioether (sulfide) groups is 1. The second-order valence-corrected chi connectivity index (χ2v) is 8.61. The van der Waals surface area contributed by atoms with E-state index in [0.29, 0.717) is 11.2 Å². The number of nitrogens with zero attached hydrogens (tertiary/aromatic N) is 3. The average Bonchev–Trinajstić information content (AvgIpc) is 3.27. The van der Waals surface area contributed by atoms with Crippen LogP contribution in [-0.2, 0) is 6.42 Å². The first-order valence-corrected chi connectivity index (χ1v) is 10.3. The van der Waals surface area contributed by atoms with Gasteiger partial charge < -0.3 is 10.6 Å². The number of rotatable bonds is 4. The van der Waals surface area contributed by atoms with Gasteiger partial charge in [0.25, 0.3) is 0 Å². The highest BCUT2D eigenvalue weighted by atomic mass is 32.2. The third-order valence-corrected chi connectivity index (χ3v) is 6.87. The molecule has 1 saturated carbocycles. The van der Waals surface area contributed by atoms with Crippen molar-refractivity contribution in [3.05, 3.63) is 42.1 Å². The molecule has 0 aromatic heterocycles. The van der Waals surface area contributed by atoms with E-state index in [1.807, 2.05) is 24.2 Å². The lowest BCUT2D eigenvalue weighted by Crippen LogP contribution is -2.35. The number of nitrogens with one attached hydrogen (secondary N) is 2. The second-order valence-electron chi connectivity index (χ2n) is 7.33. The second kappa shape index (κ2) is 6.58. The molecule has 4 aliphatic rings. The lowest BCUT2D eigenvalue weighted by atomic mass is 9.93. The number of guanidine groups is 1. The minimum absolute atomic E-state index is 0.162. The average molecular weight is 366 g/mol. The van der Waals surface area contributed by atoms with E-state index in [-0.39, 0.29) is 5.54 Å². The molecule has 6 heteroatoms. The summed E-state index contributed by atoms with van der Waals surface area (Å²) in [5.41, 5.74) is 2.56. The summed E-state index contributed by atoms with van der Waals surface area (Å²) >= 11 is 1.99. The molecular weight excluding hydrogens is 342 g/mol. The van der Waals surface area contributed by atoms with Crippen molar-refractivity contribution in [2.75, 3.05) is 18.4 Å². The van der Waals surface area contributed by atoms with Crippen molar-refractivity contribution in [3.63, 3.8) is 0 Å². The highest BCUT2D eigenvalue weighted by Crippen LogP contribution is 2.60. The lowest BCUT2D eigenvalue weighted by Gasteiger charge is -2.19. The zero-order valence-corrected chi connectivity index (χ0v) is 15.5. The molecule has 0 bridgehead atoms. The van der Waals surface area contributed by atoms with E-state index >= 15 is 0 Å². The van der Waals surface area contributed by atoms with E-state index in [4.69, 9.17) is 4.99 Å². The van der Waals surface area contributed by atoms with Crippen LogP contribution < -0.4 is 10.6 Å². The van der Waals surface area contributed by atoms with Gasteiger partial charge in [-0.3, -0.25) is 15.0 Å². The van der Waals surface area contributed by atoms with Gasteiger partial charge in [-0.1, -0.05) is 18.2 Å². The van der Waals surface area contributed by atoms with Gasteiger partial charge in [0.2, 0.25) is 0 Å². The molecule has 26 heavy (non-hydrogen) atoms. The molecular formula is C20H23N5S. The van der Waals surface area contributed by atoms with Crippen LogP contribution in [0.1, 0.15) is 24.8 Å². The third-order valence-electron chi connectivity index (χ3n) is 5.50. The fraction of sp³-hybridized carbons (Fsp3) is 0.450. The zero-order chi connectivity index (χ0) is 17.4. The molecule has 134 valence electrons. The highest BCUT2D eigenvalue weighted by Gasteiger charge is 2.62. The Hall–Kier alpha value is -2.08. The van der Waals surface area contributed by atoms with E-state index in [1.54, 1.807) is 0 Å². The number of hydrogen-bond acceptors (Lipinski definition) is 6. The molecule has 0 amide bonds. The van der Waals surface area contributed by atoms with Crippen LogP contribution in [0.25, 0.3) is 0 Å². The third kappa shape index (κ3) is 3.07. The molecule has 0 radical (unpaired) electrons. The molecule has 1 aromatic rings. The lowest BCUT2D eigenvalue weighted by molar-refractivity contribution is 0.510. The smallest absolute Gasteiger partial charge is 0.195 e. The Morgan fingerprint density at radius 3 is 2.96 bits per heavy atom. The normalized spacial score (nSPS) is 31.7. The molecule has 0 saturated heterocycles. The monoisotopic (exact) mass is 365 g/mol. The fourth-order valence-electron chi connectivity index (χ4n) is 3.95. The van der Waals surface area contributed by atoms with Gasteiger partial charge in [0, 0.05) is 48.8 Å². The summed E-state index contributed by atoms with van der Waals surface area (Å²) in [6, 6.07) is 8.65. The predicted octanol–water partition coefficient (Wildman–Crippen LogP) is 3.25. The van der Waals surface area contributed by atoms with E-state index in [2.05, 4.69) is 51.0 Å². The number of fused-ring (bicyclic) bond motifs is 1. The topological polar surface area (TPSA) is 61.1 Å². The van der Waals surface area contributed by atoms with Gasteiger partial charge in [-0.05, 0) is 37.0 Å². The van der Waals surface area contributed by atoms with Gasteiger partial charge in [-0.2, -0.15) is 0 Å². The van der Waals surface area contributed by atoms with Gasteiger partial charge in [0.1, 0.15) is 0 Å². The molecule has 3 unspecified atom stereocenters. The molecule has 2 N–H and O–H groups in total. The molecule has 5 rings (SSSR count). The molecule has 1 aliphatic carbocycles. The summed E-state index contributed by atoms with van der Waals surface area (Å²) in [5.74, 6) is 1.41. The maximum atomic E-state index is 5.15. The van der Waals surface area contributed by atoms with E-state index < -0.39 is 0 Å². The Bertz CT molecular complexity index is 810. The van der Waals surface area contributed by atoms with Crippen LogP contribution in [0.15, 0.2) is 51.5 Å². The van der Waals surface area contributed by atoms with Gasteiger partial charge in [0.05, 0.1) is 10.6 Å². The number of anilines is 1. The van der Waals surface area contributed by atoms with Crippen LogP contribution in [-0.4, -0.2) is 41.1 Å². The Morgan fingerprint density at radius 2 is 2.19 bits per heavy atom. The predicted molar refractivity (Wildman–Crippen MR) is 111 cm³/mol. The first-order valence-electron chi connectivity index (χ1n) is 9.40. The highest BCUT2D eigenvalue weighted by molar-refractivity contribution is 8.15. The molecule has 3 atom stereocenters. The summed E-state index contributed by atoms with van der Waals surface area (Å²) in [4.78, 5) is 13.8. The molecule has 3 aliphatic heterocycles. The van der Waals surface area contributed by atoms with Crippen LogP contribution in [0.4, 0.5) is 5.69 Å². The van der Waals surface area contributed by atoms with Crippen molar-refractivity contribution in [2.45, 2.75) is 36.5 Å². The Balaban J connectivity index is 1.23. The van der Waals surface area contributed by atoms with Crippen LogP contribution >= 0.6 is 11.8 Å². The fourth-order valence-corrected chi connectivity index (χ4v) is 5.53. The van der Waals surface area contributed by atoms with Gasteiger partial charge >= 0.3 is 0 Å². The minimum atomic E-state index is 0.162. The van der Waals surface area contributed by atoms with E-state index in [9.17, 15) is 0 Å². The summed E-state index contributed by atoms with van der Waals surface area (Å²) < 4.78 is 0. The minimum Gasteiger partial charge on any atom is -0.356 e. The van der Waals surface area contributed by atoms with Gasteiger partial charge in [0.15, 0.2) is 5.96 Å². The van der Waals surface area contributed by atoms with Crippen LogP contribution in [0, 0.1) is 5.92 Å². The van der Waals surface area contributed by atoms with E-state index in [1.165, 1.54) is 17.0 Å². The van der Waals surface area contributed by atoms with Crippen molar-refractivity contribution in [3.8, 4) is 0 Å². The van der Waals surface area contributed by atoms with Crippen molar-refractivity contribution in [2.24, 2.45) is 20.9 Å². The maximum Gasteiger partial charge on any atom is 0.195 e. The van der Waals surface area contributed by atoms with Crippen molar-refractivity contribution < 1.29 is 0 Å². The van der Waals surface area contributed by atoms with Crippen molar-refractivity contribution in [1.29, 1.82) is 0 Å². The van der Waals surface area contributed by atoms with Crippen LogP contribution in [0.5, 0.6) is 0 Å². The summed E-state index contributed by atoms with van der Waals surface area (Å²) in [6.45, 7) is 1.89. The first kappa shape index (κ1) is 16.1. The largest absolute Gasteiger partial charge is 0.356 e. The quantitative estimate of drug-likeness (QED) is 0.861. The number of benzene rings is 1. The van der Waals surface area contributed by atoms with Crippen LogP contribution in [0.3, 0.4) is 0 Å². The van der Waals surface area contributed by atoms with Crippen molar-refractivity contribution in [1.82, 2.24) is 5.32 Å². The summed E-state index contributed by atoms with van der Waals surface area (Å²) in [5, 5.41) is 8.60. The Morgan fingerprint density at radius 1 is 1.27 bits per heavy atom. The SMILES string of the molecule is C1=CC(C23CC2SC(Cc2ccc(NC4=NCCCN4)cc2)=N3)CC=N1. The number of hydrogen-bond donors (Lipinski definition) is 2. The standard InChI is InChI=1S/C20H23N5S/c1-8-22-19(23-9-1)24-16-4-2-14(3-5-16)12-18-25-20(13-17(20)26-18)15-6-10-21-11-7-15/h2-6,10-11,15,17H,1,7-9,12-13H2,(H2,22,23,24). The first-order chi connectivity index (χ1) is 12.8. The molecule has 5 nitrogen and oxygen atoms in total. The van der Waals surface area contributed by atoms with Crippen molar-refractivity contribution >= 4 is 34.7 Å².